The van der Waals surface area contributed by atoms with Gasteiger partial charge in [-0.15, -0.1) is 0 Å². The summed E-state index contributed by atoms with van der Waals surface area (Å²) in [6.45, 7) is 0. The van der Waals surface area contributed by atoms with Crippen LogP contribution in [0.2, 0.25) is 0 Å². The van der Waals surface area contributed by atoms with E-state index in [4.69, 9.17) is 4.42 Å². The third kappa shape index (κ3) is 2.97. The molecule has 0 bridgehead atoms. The van der Waals surface area contributed by atoms with Crippen molar-refractivity contribution in [3.8, 4) is 11.5 Å². The molecule has 0 aliphatic carbocycles. The van der Waals surface area contributed by atoms with Crippen LogP contribution >= 0.6 is 0 Å². The van der Waals surface area contributed by atoms with E-state index < -0.39 is 17.5 Å². The number of pyridine rings is 1. The SMILES string of the molecule is O=C(Nc1cc(F)cc(F)c1)c1cn2cc(-c3ncco3)ccc2n1. The van der Waals surface area contributed by atoms with Gasteiger partial charge in [0.05, 0.1) is 11.8 Å². The average Bonchev–Trinajstić information content (AvgIpc) is 3.22. The van der Waals surface area contributed by atoms with E-state index in [0.717, 1.165) is 18.2 Å². The highest BCUT2D eigenvalue weighted by atomic mass is 19.1. The van der Waals surface area contributed by atoms with Crippen molar-refractivity contribution in [2.75, 3.05) is 5.32 Å². The number of aromatic nitrogens is 3. The second-order valence-electron chi connectivity index (χ2n) is 5.26. The number of carbonyl (C=O) groups is 1. The molecule has 0 radical (unpaired) electrons. The summed E-state index contributed by atoms with van der Waals surface area (Å²) in [4.78, 5) is 20.5. The van der Waals surface area contributed by atoms with Crippen LogP contribution in [0.3, 0.4) is 0 Å². The summed E-state index contributed by atoms with van der Waals surface area (Å²) >= 11 is 0. The zero-order valence-corrected chi connectivity index (χ0v) is 12.6. The summed E-state index contributed by atoms with van der Waals surface area (Å²) in [5.41, 5.74) is 1.37. The van der Waals surface area contributed by atoms with Gasteiger partial charge in [0.15, 0.2) is 0 Å². The first kappa shape index (κ1) is 15.0. The molecule has 0 atom stereocenters. The lowest BCUT2D eigenvalue weighted by atomic mass is 10.3. The zero-order valence-electron chi connectivity index (χ0n) is 12.6. The van der Waals surface area contributed by atoms with Gasteiger partial charge in [-0.05, 0) is 24.3 Å². The van der Waals surface area contributed by atoms with Gasteiger partial charge in [-0.3, -0.25) is 4.79 Å². The van der Waals surface area contributed by atoms with Crippen LogP contribution in [0.15, 0.2) is 59.6 Å². The summed E-state index contributed by atoms with van der Waals surface area (Å²) in [6.07, 6.45) is 6.22. The van der Waals surface area contributed by atoms with E-state index in [2.05, 4.69) is 15.3 Å². The van der Waals surface area contributed by atoms with Crippen molar-refractivity contribution < 1.29 is 18.0 Å². The number of nitrogens with one attached hydrogen (secondary N) is 1. The van der Waals surface area contributed by atoms with E-state index in [1.807, 2.05) is 0 Å². The smallest absolute Gasteiger partial charge is 0.275 e. The molecule has 0 fully saturated rings. The van der Waals surface area contributed by atoms with Crippen molar-refractivity contribution in [2.45, 2.75) is 0 Å². The maximum atomic E-state index is 13.2. The normalized spacial score (nSPS) is 11.0. The van der Waals surface area contributed by atoms with Crippen molar-refractivity contribution in [3.05, 3.63) is 72.5 Å². The van der Waals surface area contributed by atoms with Crippen LogP contribution in [-0.4, -0.2) is 20.3 Å². The Morgan fingerprint density at radius 2 is 1.92 bits per heavy atom. The number of benzene rings is 1. The Kier molecular flexibility index (Phi) is 3.50. The average molecular weight is 340 g/mol. The molecule has 4 rings (SSSR count). The number of anilines is 1. The summed E-state index contributed by atoms with van der Waals surface area (Å²) in [5.74, 6) is -1.69. The molecule has 124 valence electrons. The van der Waals surface area contributed by atoms with Crippen LogP contribution in [0.4, 0.5) is 14.5 Å². The van der Waals surface area contributed by atoms with Crippen LogP contribution in [0, 0.1) is 11.6 Å². The molecule has 1 N–H and O–H groups in total. The number of carbonyl (C=O) groups excluding carboxylic acids is 1. The number of oxazole rings is 1. The Bertz CT molecular complexity index is 1050. The summed E-state index contributed by atoms with van der Waals surface area (Å²) in [5, 5.41) is 2.42. The van der Waals surface area contributed by atoms with E-state index >= 15 is 0 Å². The molecule has 0 aliphatic heterocycles. The van der Waals surface area contributed by atoms with Gasteiger partial charge in [0.25, 0.3) is 5.91 Å². The molecular formula is C17H10F2N4O2. The van der Waals surface area contributed by atoms with Crippen LogP contribution in [0.25, 0.3) is 17.1 Å². The number of imidazole rings is 1. The maximum Gasteiger partial charge on any atom is 0.275 e. The van der Waals surface area contributed by atoms with Gasteiger partial charge in [0.1, 0.15) is 29.2 Å². The van der Waals surface area contributed by atoms with Gasteiger partial charge in [0, 0.05) is 24.1 Å². The predicted molar refractivity (Wildman–Crippen MR) is 85.0 cm³/mol. The molecule has 0 saturated heterocycles. The second kappa shape index (κ2) is 5.82. The number of rotatable bonds is 3. The quantitative estimate of drug-likeness (QED) is 0.619. The highest BCUT2D eigenvalue weighted by Gasteiger charge is 2.13. The highest BCUT2D eigenvalue weighted by molar-refractivity contribution is 6.03. The van der Waals surface area contributed by atoms with Crippen LogP contribution in [-0.2, 0) is 0 Å². The van der Waals surface area contributed by atoms with E-state index in [-0.39, 0.29) is 11.4 Å². The Morgan fingerprint density at radius 3 is 2.64 bits per heavy atom. The lowest BCUT2D eigenvalue weighted by Gasteiger charge is -2.03. The monoisotopic (exact) mass is 340 g/mol. The van der Waals surface area contributed by atoms with Crippen molar-refractivity contribution in [3.63, 3.8) is 0 Å². The molecule has 0 aliphatic rings. The van der Waals surface area contributed by atoms with Gasteiger partial charge in [0.2, 0.25) is 5.89 Å². The fraction of sp³-hybridized carbons (Fsp3) is 0. The summed E-state index contributed by atoms with van der Waals surface area (Å²) in [7, 11) is 0. The first-order valence-corrected chi connectivity index (χ1v) is 7.24. The number of nitrogens with zero attached hydrogens (tertiary/aromatic N) is 3. The van der Waals surface area contributed by atoms with Gasteiger partial charge >= 0.3 is 0 Å². The Hall–Kier alpha value is -3.55. The molecule has 0 unspecified atom stereocenters. The van der Waals surface area contributed by atoms with Gasteiger partial charge in [-0.2, -0.15) is 0 Å². The Morgan fingerprint density at radius 1 is 1.12 bits per heavy atom. The Balaban J connectivity index is 1.63. The van der Waals surface area contributed by atoms with E-state index in [9.17, 15) is 13.6 Å². The fourth-order valence-electron chi connectivity index (χ4n) is 2.41. The molecule has 1 amide bonds. The fourth-order valence-corrected chi connectivity index (χ4v) is 2.41. The molecule has 6 nitrogen and oxygen atoms in total. The molecule has 3 heterocycles. The Labute approximate surface area is 139 Å². The van der Waals surface area contributed by atoms with Gasteiger partial charge in [-0.25, -0.2) is 18.7 Å². The van der Waals surface area contributed by atoms with Crippen LogP contribution in [0.5, 0.6) is 0 Å². The lowest BCUT2D eigenvalue weighted by Crippen LogP contribution is -2.12. The number of fused-ring (bicyclic) bond motifs is 1. The lowest BCUT2D eigenvalue weighted by molar-refractivity contribution is 0.102. The van der Waals surface area contributed by atoms with E-state index in [1.165, 1.54) is 18.7 Å². The molecule has 8 heteroatoms. The largest absolute Gasteiger partial charge is 0.444 e. The first-order valence-electron chi connectivity index (χ1n) is 7.24. The molecule has 0 saturated carbocycles. The predicted octanol–water partition coefficient (Wildman–Crippen LogP) is 3.52. The van der Waals surface area contributed by atoms with Gasteiger partial charge in [-0.1, -0.05) is 0 Å². The topological polar surface area (TPSA) is 72.4 Å². The van der Waals surface area contributed by atoms with Crippen molar-refractivity contribution in [1.82, 2.24) is 14.4 Å². The summed E-state index contributed by atoms with van der Waals surface area (Å²) < 4.78 is 33.3. The second-order valence-corrected chi connectivity index (χ2v) is 5.26. The molecule has 4 aromatic rings. The first-order chi connectivity index (χ1) is 12.1. The molecule has 0 spiro atoms. The minimum atomic E-state index is -0.777. The van der Waals surface area contributed by atoms with Crippen molar-refractivity contribution in [2.24, 2.45) is 0 Å². The third-order valence-corrected chi connectivity index (χ3v) is 3.48. The summed E-state index contributed by atoms with van der Waals surface area (Å²) in [6, 6.07) is 6.25. The standard InChI is InChI=1S/C17H10F2N4O2/c18-11-5-12(19)7-13(6-11)21-16(24)14-9-23-8-10(1-2-15(23)22-14)17-20-3-4-25-17/h1-9H,(H,21,24). The third-order valence-electron chi connectivity index (χ3n) is 3.48. The number of hydrogen-bond donors (Lipinski definition) is 1. The van der Waals surface area contributed by atoms with E-state index in [1.54, 1.807) is 22.7 Å². The van der Waals surface area contributed by atoms with Crippen LogP contribution in [0.1, 0.15) is 10.5 Å². The van der Waals surface area contributed by atoms with Crippen LogP contribution < -0.4 is 5.32 Å². The van der Waals surface area contributed by atoms with E-state index in [0.29, 0.717) is 17.1 Å². The number of amides is 1. The van der Waals surface area contributed by atoms with Gasteiger partial charge < -0.3 is 14.1 Å². The molecule has 3 aromatic heterocycles. The molecule has 1 aromatic carbocycles. The minimum Gasteiger partial charge on any atom is -0.444 e. The number of halogens is 2. The minimum absolute atomic E-state index is 0.0139. The highest BCUT2D eigenvalue weighted by Crippen LogP contribution is 2.19. The van der Waals surface area contributed by atoms with Crippen molar-refractivity contribution >= 4 is 17.2 Å². The number of hydrogen-bond acceptors (Lipinski definition) is 4. The maximum absolute atomic E-state index is 13.2. The zero-order chi connectivity index (χ0) is 17.4. The molecule has 25 heavy (non-hydrogen) atoms. The van der Waals surface area contributed by atoms with Crippen molar-refractivity contribution in [1.29, 1.82) is 0 Å². The molecular weight excluding hydrogens is 330 g/mol.